The van der Waals surface area contributed by atoms with E-state index in [9.17, 15) is 4.79 Å². The van der Waals surface area contributed by atoms with Gasteiger partial charge in [0.25, 0.3) is 0 Å². The molecule has 0 saturated carbocycles. The van der Waals surface area contributed by atoms with Crippen LogP contribution in [-0.2, 0) is 0 Å². The Morgan fingerprint density at radius 2 is 1.44 bits per heavy atom. The molecule has 0 unspecified atom stereocenters. The van der Waals surface area contributed by atoms with Crippen LogP contribution in [0.25, 0.3) is 27.9 Å². The first-order valence-corrected chi connectivity index (χ1v) is 10.6. The summed E-state index contributed by atoms with van der Waals surface area (Å²) in [6.45, 7) is 2.04. The Balaban J connectivity index is 1.42. The number of para-hydroxylation sites is 2. The van der Waals surface area contributed by atoms with Crippen molar-refractivity contribution in [3.8, 4) is 0 Å². The number of ketones is 1. The van der Waals surface area contributed by atoms with E-state index in [1.807, 2.05) is 91.9 Å². The van der Waals surface area contributed by atoms with Gasteiger partial charge in [-0.3, -0.25) is 4.79 Å². The van der Waals surface area contributed by atoms with Gasteiger partial charge in [-0.15, -0.1) is 0 Å². The molecular weight excluding hydrogens is 392 g/mol. The van der Waals surface area contributed by atoms with E-state index in [1.54, 1.807) is 6.08 Å². The lowest BCUT2D eigenvalue weighted by molar-refractivity contribution is 0.104. The minimum absolute atomic E-state index is 0.0159. The van der Waals surface area contributed by atoms with Gasteiger partial charge in [-0.1, -0.05) is 72.3 Å². The number of aryl methyl sites for hydroxylation is 1. The molecule has 1 heterocycles. The number of hydrogen-bond donors (Lipinski definition) is 1. The molecule has 0 spiro atoms. The number of carbonyl (C=O) groups excluding carboxylic acids is 1. The summed E-state index contributed by atoms with van der Waals surface area (Å²) >= 11 is 0. The standard InChI is InChI=1S/C29H22N2O/c1-20-7-6-8-21(19-20)13-18-28(32)22-14-16-23(17-15-22)30-29-24-9-2-4-11-26(24)31-27-12-5-3-10-25(27)29/h2-19H,1H3,(H,30,31)/b18-13+. The van der Waals surface area contributed by atoms with Crippen LogP contribution in [0.15, 0.2) is 103 Å². The van der Waals surface area contributed by atoms with Crippen molar-refractivity contribution in [2.45, 2.75) is 6.92 Å². The smallest absolute Gasteiger partial charge is 0.185 e. The molecule has 1 aromatic heterocycles. The van der Waals surface area contributed by atoms with Crippen molar-refractivity contribution in [3.63, 3.8) is 0 Å². The van der Waals surface area contributed by atoms with Crippen LogP contribution in [0, 0.1) is 6.92 Å². The third kappa shape index (κ3) is 4.01. The SMILES string of the molecule is Cc1cccc(/C=C/C(=O)c2ccc(Nc3c4ccccc4nc4ccccc34)cc2)c1. The van der Waals surface area contributed by atoms with Gasteiger partial charge < -0.3 is 5.32 Å². The average Bonchev–Trinajstić information content (AvgIpc) is 2.83. The molecule has 0 fully saturated rings. The molecular formula is C29H22N2O. The second-order valence-corrected chi connectivity index (χ2v) is 7.84. The first kappa shape index (κ1) is 19.7. The molecule has 3 nitrogen and oxygen atoms in total. The molecule has 0 aliphatic heterocycles. The molecule has 0 saturated heterocycles. The first-order valence-electron chi connectivity index (χ1n) is 10.6. The second kappa shape index (κ2) is 8.48. The summed E-state index contributed by atoms with van der Waals surface area (Å²) in [7, 11) is 0. The Bertz CT molecular complexity index is 1410. The van der Waals surface area contributed by atoms with Crippen LogP contribution < -0.4 is 5.32 Å². The van der Waals surface area contributed by atoms with Gasteiger partial charge in [0.05, 0.1) is 16.7 Å². The van der Waals surface area contributed by atoms with Crippen LogP contribution in [0.2, 0.25) is 0 Å². The summed E-state index contributed by atoms with van der Waals surface area (Å²) in [6.07, 6.45) is 3.48. The largest absolute Gasteiger partial charge is 0.354 e. The van der Waals surface area contributed by atoms with Gasteiger partial charge in [-0.2, -0.15) is 0 Å². The number of pyridine rings is 1. The summed E-state index contributed by atoms with van der Waals surface area (Å²) < 4.78 is 0. The molecule has 5 aromatic rings. The number of nitrogens with one attached hydrogen (secondary N) is 1. The summed E-state index contributed by atoms with van der Waals surface area (Å²) in [6, 6.07) is 31.9. The van der Waals surface area contributed by atoms with E-state index in [2.05, 4.69) is 23.5 Å². The number of rotatable bonds is 5. The molecule has 5 rings (SSSR count). The van der Waals surface area contributed by atoms with Gasteiger partial charge >= 0.3 is 0 Å². The van der Waals surface area contributed by atoms with Crippen molar-refractivity contribution in [1.29, 1.82) is 0 Å². The maximum Gasteiger partial charge on any atom is 0.185 e. The van der Waals surface area contributed by atoms with Gasteiger partial charge in [0.15, 0.2) is 5.78 Å². The van der Waals surface area contributed by atoms with Crippen LogP contribution in [-0.4, -0.2) is 10.8 Å². The highest BCUT2D eigenvalue weighted by Crippen LogP contribution is 2.33. The lowest BCUT2D eigenvalue weighted by atomic mass is 10.1. The number of benzene rings is 4. The topological polar surface area (TPSA) is 42.0 Å². The Hall–Kier alpha value is -4.24. The fourth-order valence-electron chi connectivity index (χ4n) is 3.88. The maximum atomic E-state index is 12.6. The number of nitrogens with zero attached hydrogens (tertiary/aromatic N) is 1. The lowest BCUT2D eigenvalue weighted by Crippen LogP contribution is -1.97. The molecule has 1 N–H and O–H groups in total. The Kier molecular flexibility index (Phi) is 5.22. The maximum absolute atomic E-state index is 12.6. The zero-order valence-electron chi connectivity index (χ0n) is 17.7. The quantitative estimate of drug-likeness (QED) is 0.186. The summed E-state index contributed by atoms with van der Waals surface area (Å²) in [4.78, 5) is 17.4. The molecule has 0 aliphatic carbocycles. The van der Waals surface area contributed by atoms with Crippen molar-refractivity contribution >= 4 is 45.0 Å². The number of hydrogen-bond acceptors (Lipinski definition) is 3. The molecule has 0 amide bonds. The van der Waals surface area contributed by atoms with Gasteiger partial charge in [-0.25, -0.2) is 4.98 Å². The highest BCUT2D eigenvalue weighted by Gasteiger charge is 2.09. The first-order chi connectivity index (χ1) is 15.7. The molecule has 0 radical (unpaired) electrons. The highest BCUT2D eigenvalue weighted by atomic mass is 16.1. The number of anilines is 2. The van der Waals surface area contributed by atoms with Crippen molar-refractivity contribution < 1.29 is 4.79 Å². The van der Waals surface area contributed by atoms with Crippen molar-refractivity contribution in [2.24, 2.45) is 0 Å². The summed E-state index contributed by atoms with van der Waals surface area (Å²) in [5, 5.41) is 5.68. The highest BCUT2D eigenvalue weighted by molar-refractivity contribution is 6.09. The molecule has 0 bridgehead atoms. The van der Waals surface area contributed by atoms with E-state index < -0.39 is 0 Å². The van der Waals surface area contributed by atoms with Crippen LogP contribution in [0.3, 0.4) is 0 Å². The van der Waals surface area contributed by atoms with Gasteiger partial charge in [0.1, 0.15) is 0 Å². The summed E-state index contributed by atoms with van der Waals surface area (Å²) in [5.41, 5.74) is 6.68. The Morgan fingerprint density at radius 1 is 0.781 bits per heavy atom. The minimum atomic E-state index is -0.0159. The van der Waals surface area contributed by atoms with Crippen molar-refractivity contribution in [2.75, 3.05) is 5.32 Å². The predicted octanol–water partition coefficient (Wildman–Crippen LogP) is 7.34. The molecule has 4 aromatic carbocycles. The van der Waals surface area contributed by atoms with Crippen LogP contribution >= 0.6 is 0 Å². The van der Waals surface area contributed by atoms with Gasteiger partial charge in [0.2, 0.25) is 0 Å². The van der Waals surface area contributed by atoms with Crippen molar-refractivity contribution in [1.82, 2.24) is 4.98 Å². The van der Waals surface area contributed by atoms with Crippen LogP contribution in [0.1, 0.15) is 21.5 Å². The molecule has 3 heteroatoms. The van der Waals surface area contributed by atoms with E-state index in [1.165, 1.54) is 5.56 Å². The number of allylic oxidation sites excluding steroid dienone is 1. The zero-order valence-corrected chi connectivity index (χ0v) is 17.7. The van der Waals surface area contributed by atoms with Gasteiger partial charge in [-0.05, 0) is 55.0 Å². The second-order valence-electron chi connectivity index (χ2n) is 7.84. The van der Waals surface area contributed by atoms with E-state index in [-0.39, 0.29) is 5.78 Å². The molecule has 154 valence electrons. The molecule has 0 atom stereocenters. The van der Waals surface area contributed by atoms with E-state index in [4.69, 9.17) is 4.98 Å². The fourth-order valence-corrected chi connectivity index (χ4v) is 3.88. The number of aromatic nitrogens is 1. The van der Waals surface area contributed by atoms with E-state index in [0.717, 1.165) is 38.7 Å². The predicted molar refractivity (Wildman–Crippen MR) is 134 cm³/mol. The third-order valence-corrected chi connectivity index (χ3v) is 5.50. The lowest BCUT2D eigenvalue weighted by Gasteiger charge is -2.13. The van der Waals surface area contributed by atoms with Crippen molar-refractivity contribution in [3.05, 3.63) is 120 Å². The fraction of sp³-hybridized carbons (Fsp3) is 0.0345. The minimum Gasteiger partial charge on any atom is -0.354 e. The monoisotopic (exact) mass is 414 g/mol. The number of carbonyl (C=O) groups is 1. The average molecular weight is 415 g/mol. The Morgan fingerprint density at radius 3 is 2.09 bits per heavy atom. The third-order valence-electron chi connectivity index (χ3n) is 5.50. The summed E-state index contributed by atoms with van der Waals surface area (Å²) in [5.74, 6) is -0.0159. The number of fused-ring (bicyclic) bond motifs is 2. The Labute approximate surface area is 187 Å². The van der Waals surface area contributed by atoms with Gasteiger partial charge in [0, 0.05) is 22.0 Å². The zero-order chi connectivity index (χ0) is 21.9. The molecule has 32 heavy (non-hydrogen) atoms. The molecule has 0 aliphatic rings. The van der Waals surface area contributed by atoms with Crippen LogP contribution in [0.4, 0.5) is 11.4 Å². The van der Waals surface area contributed by atoms with E-state index in [0.29, 0.717) is 5.56 Å². The normalized spacial score (nSPS) is 11.3. The van der Waals surface area contributed by atoms with E-state index >= 15 is 0 Å². The van der Waals surface area contributed by atoms with Crippen LogP contribution in [0.5, 0.6) is 0 Å².